The zero-order valence-electron chi connectivity index (χ0n) is 11.1. The molecule has 9 nitrogen and oxygen atoms in total. The molecule has 2 aromatic rings. The van der Waals surface area contributed by atoms with Gasteiger partial charge < -0.3 is 4.74 Å². The van der Waals surface area contributed by atoms with Crippen LogP contribution in [0, 0.1) is 0 Å². The number of nitrogens with zero attached hydrogens (tertiary/aromatic N) is 3. The van der Waals surface area contributed by atoms with Gasteiger partial charge in [-0.25, -0.2) is 22.9 Å². The molecule has 0 spiro atoms. The van der Waals surface area contributed by atoms with Crippen molar-refractivity contribution < 1.29 is 17.9 Å². The first kappa shape index (κ1) is 15.9. The molecule has 0 atom stereocenters. The highest BCUT2D eigenvalue weighted by Gasteiger charge is 2.20. The number of benzene rings is 1. The predicted octanol–water partition coefficient (Wildman–Crippen LogP) is 1.04. The van der Waals surface area contributed by atoms with E-state index in [1.807, 2.05) is 0 Å². The molecule has 2 amide bonds. The summed E-state index contributed by atoms with van der Waals surface area (Å²) >= 11 is 5.79. The van der Waals surface area contributed by atoms with Crippen molar-refractivity contribution in [1.82, 2.24) is 19.7 Å². The summed E-state index contributed by atoms with van der Waals surface area (Å²) < 4.78 is 30.6. The highest BCUT2D eigenvalue weighted by molar-refractivity contribution is 7.90. The Morgan fingerprint density at radius 1 is 1.27 bits per heavy atom. The molecule has 1 heterocycles. The Kier molecular flexibility index (Phi) is 4.73. The molecule has 0 fully saturated rings. The molecule has 0 radical (unpaired) electrons. The number of halogens is 1. The number of nitrogens with one attached hydrogen (secondary N) is 2. The number of carbonyl (C=O) groups is 1. The van der Waals surface area contributed by atoms with E-state index in [0.717, 1.165) is 6.33 Å². The first-order chi connectivity index (χ1) is 10.4. The molecule has 0 unspecified atom stereocenters. The molecule has 1 aromatic carbocycles. The zero-order valence-corrected chi connectivity index (χ0v) is 12.7. The lowest BCUT2D eigenvalue weighted by Crippen LogP contribution is -2.35. The third kappa shape index (κ3) is 3.80. The number of hydrogen-bond donors (Lipinski definition) is 2. The molecule has 2 rings (SSSR count). The molecule has 0 saturated carbocycles. The van der Waals surface area contributed by atoms with Gasteiger partial charge >= 0.3 is 12.0 Å². The van der Waals surface area contributed by atoms with E-state index in [9.17, 15) is 13.2 Å². The molecule has 0 aliphatic rings. The standard InChI is InChI=1S/C11H10ClN5O4S/c1-21-11-14-6-13-9(16-11)15-10(18)17-22(19,20)8-5-3-2-4-7(8)12/h2-6H,1H3,(H2,13,14,15,16,17,18). The van der Waals surface area contributed by atoms with E-state index in [-0.39, 0.29) is 21.9 Å². The van der Waals surface area contributed by atoms with Crippen LogP contribution in [0.2, 0.25) is 5.02 Å². The molecule has 0 bridgehead atoms. The quantitative estimate of drug-likeness (QED) is 0.850. The van der Waals surface area contributed by atoms with E-state index < -0.39 is 16.1 Å². The van der Waals surface area contributed by atoms with Crippen LogP contribution < -0.4 is 14.8 Å². The van der Waals surface area contributed by atoms with Crippen LogP contribution in [0.1, 0.15) is 0 Å². The number of hydrogen-bond acceptors (Lipinski definition) is 7. The Labute approximate surface area is 130 Å². The number of amides is 2. The van der Waals surface area contributed by atoms with Crippen LogP contribution >= 0.6 is 11.6 Å². The fourth-order valence-corrected chi connectivity index (χ4v) is 2.83. The van der Waals surface area contributed by atoms with E-state index >= 15 is 0 Å². The molecular weight excluding hydrogens is 334 g/mol. The van der Waals surface area contributed by atoms with Gasteiger partial charge in [-0.15, -0.1) is 0 Å². The van der Waals surface area contributed by atoms with Crippen LogP contribution in [-0.4, -0.2) is 36.5 Å². The van der Waals surface area contributed by atoms with Gasteiger partial charge in [0.15, 0.2) is 0 Å². The Morgan fingerprint density at radius 2 is 2.00 bits per heavy atom. The van der Waals surface area contributed by atoms with Crippen molar-refractivity contribution in [2.24, 2.45) is 0 Å². The summed E-state index contributed by atoms with van der Waals surface area (Å²) in [6.45, 7) is 0. The number of anilines is 1. The van der Waals surface area contributed by atoms with Crippen molar-refractivity contribution in [2.75, 3.05) is 12.4 Å². The average molecular weight is 344 g/mol. The normalized spacial score (nSPS) is 10.8. The van der Waals surface area contributed by atoms with Gasteiger partial charge in [0.1, 0.15) is 11.2 Å². The van der Waals surface area contributed by atoms with E-state index in [0.29, 0.717) is 0 Å². The van der Waals surface area contributed by atoms with Crippen molar-refractivity contribution in [3.63, 3.8) is 0 Å². The average Bonchev–Trinajstić information content (AvgIpc) is 2.47. The highest BCUT2D eigenvalue weighted by atomic mass is 35.5. The SMILES string of the molecule is COc1ncnc(NC(=O)NS(=O)(=O)c2ccccc2Cl)n1. The van der Waals surface area contributed by atoms with Gasteiger partial charge in [-0.2, -0.15) is 9.97 Å². The molecule has 11 heteroatoms. The topological polar surface area (TPSA) is 123 Å². The Bertz CT molecular complexity index is 799. The molecule has 2 N–H and O–H groups in total. The fourth-order valence-electron chi connectivity index (χ4n) is 1.41. The Hall–Kier alpha value is -2.46. The number of rotatable bonds is 4. The molecule has 22 heavy (non-hydrogen) atoms. The third-order valence-electron chi connectivity index (χ3n) is 2.31. The Balaban J connectivity index is 2.13. The van der Waals surface area contributed by atoms with Gasteiger partial charge in [0, 0.05) is 0 Å². The summed E-state index contributed by atoms with van der Waals surface area (Å²) in [5, 5.41) is 2.14. The van der Waals surface area contributed by atoms with Crippen molar-refractivity contribution >= 4 is 33.6 Å². The third-order valence-corrected chi connectivity index (χ3v) is 4.14. The smallest absolute Gasteiger partial charge is 0.335 e. The van der Waals surface area contributed by atoms with Gasteiger partial charge in [-0.1, -0.05) is 23.7 Å². The minimum atomic E-state index is -4.12. The van der Waals surface area contributed by atoms with Crippen molar-refractivity contribution in [3.05, 3.63) is 35.6 Å². The molecular formula is C11H10ClN5O4S. The summed E-state index contributed by atoms with van der Waals surface area (Å²) in [5.74, 6) is -0.168. The van der Waals surface area contributed by atoms with Crippen LogP contribution in [0.4, 0.5) is 10.7 Å². The number of ether oxygens (including phenoxy) is 1. The van der Waals surface area contributed by atoms with Gasteiger partial charge in [0.05, 0.1) is 12.1 Å². The van der Waals surface area contributed by atoms with Crippen molar-refractivity contribution in [2.45, 2.75) is 4.90 Å². The number of carbonyl (C=O) groups excluding carboxylic acids is 1. The zero-order chi connectivity index (χ0) is 16.2. The van der Waals surface area contributed by atoms with Gasteiger partial charge in [-0.05, 0) is 12.1 Å². The van der Waals surface area contributed by atoms with E-state index in [2.05, 4.69) is 20.3 Å². The second-order valence-electron chi connectivity index (χ2n) is 3.79. The fraction of sp³-hybridized carbons (Fsp3) is 0.0909. The van der Waals surface area contributed by atoms with Gasteiger partial charge in [0.25, 0.3) is 10.0 Å². The van der Waals surface area contributed by atoms with Crippen molar-refractivity contribution in [3.8, 4) is 6.01 Å². The highest BCUT2D eigenvalue weighted by Crippen LogP contribution is 2.20. The summed E-state index contributed by atoms with van der Waals surface area (Å²) in [5.41, 5.74) is 0. The van der Waals surface area contributed by atoms with Crippen molar-refractivity contribution in [1.29, 1.82) is 0 Å². The molecule has 116 valence electrons. The van der Waals surface area contributed by atoms with Crippen LogP contribution in [0.25, 0.3) is 0 Å². The lowest BCUT2D eigenvalue weighted by Gasteiger charge is -2.08. The minimum absolute atomic E-state index is 0.00960. The Morgan fingerprint density at radius 3 is 2.68 bits per heavy atom. The number of aromatic nitrogens is 3. The monoisotopic (exact) mass is 343 g/mol. The second-order valence-corrected chi connectivity index (χ2v) is 5.84. The van der Waals surface area contributed by atoms with Crippen LogP contribution in [0.3, 0.4) is 0 Å². The maximum atomic E-state index is 12.0. The molecule has 0 saturated heterocycles. The minimum Gasteiger partial charge on any atom is -0.467 e. The number of urea groups is 1. The number of methoxy groups -OCH3 is 1. The maximum Gasteiger partial charge on any atom is 0.335 e. The molecule has 0 aliphatic heterocycles. The van der Waals surface area contributed by atoms with Gasteiger partial charge in [0.2, 0.25) is 5.95 Å². The predicted molar refractivity (Wildman–Crippen MR) is 77.2 cm³/mol. The lowest BCUT2D eigenvalue weighted by atomic mass is 10.4. The van der Waals surface area contributed by atoms with Gasteiger partial charge in [-0.3, -0.25) is 5.32 Å². The molecule has 0 aliphatic carbocycles. The van der Waals surface area contributed by atoms with E-state index in [1.54, 1.807) is 10.8 Å². The first-order valence-electron chi connectivity index (χ1n) is 5.74. The van der Waals surface area contributed by atoms with E-state index in [4.69, 9.17) is 16.3 Å². The summed E-state index contributed by atoms with van der Waals surface area (Å²) in [4.78, 5) is 22.5. The number of sulfonamides is 1. The van der Waals surface area contributed by atoms with Crippen LogP contribution in [0.15, 0.2) is 35.5 Å². The summed E-state index contributed by atoms with van der Waals surface area (Å²) in [6.07, 6.45) is 1.10. The second kappa shape index (κ2) is 6.54. The largest absolute Gasteiger partial charge is 0.467 e. The first-order valence-corrected chi connectivity index (χ1v) is 7.60. The van der Waals surface area contributed by atoms with Crippen LogP contribution in [0.5, 0.6) is 6.01 Å². The molecule has 1 aromatic heterocycles. The van der Waals surface area contributed by atoms with E-state index in [1.165, 1.54) is 25.3 Å². The maximum absolute atomic E-state index is 12.0. The summed E-state index contributed by atoms with van der Waals surface area (Å²) in [7, 11) is -2.79. The summed E-state index contributed by atoms with van der Waals surface area (Å²) in [6, 6.07) is 4.63. The lowest BCUT2D eigenvalue weighted by molar-refractivity contribution is 0.256. The van der Waals surface area contributed by atoms with Crippen LogP contribution in [-0.2, 0) is 10.0 Å².